The lowest BCUT2D eigenvalue weighted by molar-refractivity contribution is 0.487. The Morgan fingerprint density at radius 2 is 1.56 bits per heavy atom. The van der Waals surface area contributed by atoms with Crippen molar-refractivity contribution >= 4 is 0 Å². The first-order chi connectivity index (χ1) is 8.68. The van der Waals surface area contributed by atoms with Gasteiger partial charge >= 0.3 is 0 Å². The average molecular weight is 247 g/mol. The summed E-state index contributed by atoms with van der Waals surface area (Å²) in [6.07, 6.45) is 0. The van der Waals surface area contributed by atoms with Gasteiger partial charge in [-0.3, -0.25) is 0 Å². The molecule has 3 heteroatoms. The van der Waals surface area contributed by atoms with Crippen molar-refractivity contribution in [2.75, 3.05) is 0 Å². The predicted molar refractivity (Wildman–Crippen MR) is 68.1 cm³/mol. The normalized spacial score (nSPS) is 12.4. The van der Waals surface area contributed by atoms with Crippen molar-refractivity contribution in [2.45, 2.75) is 19.5 Å². The summed E-state index contributed by atoms with van der Waals surface area (Å²) in [6.45, 7) is 2.33. The van der Waals surface area contributed by atoms with E-state index in [9.17, 15) is 8.78 Å². The molecular formula is C15H15F2N. The summed E-state index contributed by atoms with van der Waals surface area (Å²) in [7, 11) is 0. The van der Waals surface area contributed by atoms with Gasteiger partial charge in [-0.1, -0.05) is 36.4 Å². The molecule has 0 spiro atoms. The molecule has 0 saturated carbocycles. The van der Waals surface area contributed by atoms with Gasteiger partial charge in [-0.25, -0.2) is 8.78 Å². The second-order valence-electron chi connectivity index (χ2n) is 4.22. The Morgan fingerprint density at radius 1 is 0.944 bits per heavy atom. The van der Waals surface area contributed by atoms with E-state index in [-0.39, 0.29) is 11.6 Å². The molecule has 0 fully saturated rings. The molecule has 2 aromatic carbocycles. The summed E-state index contributed by atoms with van der Waals surface area (Å²) < 4.78 is 27.1. The highest BCUT2D eigenvalue weighted by Crippen LogP contribution is 2.20. The highest BCUT2D eigenvalue weighted by atomic mass is 19.1. The number of rotatable bonds is 4. The summed E-state index contributed by atoms with van der Waals surface area (Å²) in [5, 5.41) is 3.12. The summed E-state index contributed by atoms with van der Waals surface area (Å²) in [5.74, 6) is -1.02. The molecule has 0 heterocycles. The topological polar surface area (TPSA) is 12.0 Å². The number of halogens is 2. The summed E-state index contributed by atoms with van der Waals surface area (Å²) in [6, 6.07) is 13.3. The number of nitrogens with one attached hydrogen (secondary N) is 1. The first kappa shape index (κ1) is 12.7. The first-order valence-corrected chi connectivity index (χ1v) is 5.89. The molecule has 94 valence electrons. The van der Waals surface area contributed by atoms with Crippen LogP contribution in [-0.4, -0.2) is 0 Å². The van der Waals surface area contributed by atoms with Crippen LogP contribution in [0.15, 0.2) is 48.5 Å². The van der Waals surface area contributed by atoms with Crippen molar-refractivity contribution in [3.05, 3.63) is 71.3 Å². The van der Waals surface area contributed by atoms with E-state index in [4.69, 9.17) is 0 Å². The van der Waals surface area contributed by atoms with Crippen LogP contribution in [-0.2, 0) is 6.54 Å². The smallest absolute Gasteiger partial charge is 0.130 e. The minimum Gasteiger partial charge on any atom is -0.306 e. The van der Waals surface area contributed by atoms with Crippen LogP contribution in [0.3, 0.4) is 0 Å². The lowest BCUT2D eigenvalue weighted by Gasteiger charge is -2.15. The Labute approximate surface area is 105 Å². The fourth-order valence-corrected chi connectivity index (χ4v) is 1.89. The Hall–Kier alpha value is -1.74. The predicted octanol–water partition coefficient (Wildman–Crippen LogP) is 3.82. The maximum Gasteiger partial charge on any atom is 0.130 e. The minimum absolute atomic E-state index is 0.0911. The standard InChI is InChI=1S/C15H15F2N/c1-11(15-13(16)8-5-9-14(15)17)18-10-12-6-3-2-4-7-12/h2-9,11,18H,10H2,1H3. The molecule has 0 amide bonds. The van der Waals surface area contributed by atoms with Gasteiger partial charge in [-0.05, 0) is 24.6 Å². The highest BCUT2D eigenvalue weighted by molar-refractivity contribution is 5.23. The van der Waals surface area contributed by atoms with Crippen molar-refractivity contribution in [3.63, 3.8) is 0 Å². The maximum absolute atomic E-state index is 13.5. The van der Waals surface area contributed by atoms with Crippen molar-refractivity contribution in [3.8, 4) is 0 Å². The zero-order chi connectivity index (χ0) is 13.0. The largest absolute Gasteiger partial charge is 0.306 e. The van der Waals surface area contributed by atoms with E-state index in [1.807, 2.05) is 30.3 Å². The second-order valence-corrected chi connectivity index (χ2v) is 4.22. The van der Waals surface area contributed by atoms with Crippen LogP contribution in [0.1, 0.15) is 24.1 Å². The Morgan fingerprint density at radius 3 is 2.17 bits per heavy atom. The van der Waals surface area contributed by atoms with E-state index >= 15 is 0 Å². The molecule has 2 rings (SSSR count). The first-order valence-electron chi connectivity index (χ1n) is 5.89. The van der Waals surface area contributed by atoms with Gasteiger partial charge in [0.15, 0.2) is 0 Å². The van der Waals surface area contributed by atoms with Gasteiger partial charge in [0.05, 0.1) is 0 Å². The molecule has 0 aliphatic heterocycles. The van der Waals surface area contributed by atoms with E-state index < -0.39 is 11.6 Å². The molecule has 0 saturated heterocycles. The lowest BCUT2D eigenvalue weighted by Crippen LogP contribution is -2.20. The monoisotopic (exact) mass is 247 g/mol. The number of benzene rings is 2. The molecule has 0 aliphatic rings. The zero-order valence-corrected chi connectivity index (χ0v) is 10.2. The van der Waals surface area contributed by atoms with Crippen molar-refractivity contribution < 1.29 is 8.78 Å². The van der Waals surface area contributed by atoms with Crippen molar-refractivity contribution in [2.24, 2.45) is 0 Å². The molecule has 18 heavy (non-hydrogen) atoms. The van der Waals surface area contributed by atoms with Crippen LogP contribution < -0.4 is 5.32 Å². The molecule has 0 radical (unpaired) electrons. The second kappa shape index (κ2) is 5.74. The fraction of sp³-hybridized carbons (Fsp3) is 0.200. The van der Waals surface area contributed by atoms with Crippen LogP contribution >= 0.6 is 0 Å². The van der Waals surface area contributed by atoms with Crippen molar-refractivity contribution in [1.82, 2.24) is 5.32 Å². The van der Waals surface area contributed by atoms with Gasteiger partial charge < -0.3 is 5.32 Å². The quantitative estimate of drug-likeness (QED) is 0.866. The molecule has 1 unspecified atom stereocenters. The SMILES string of the molecule is CC(NCc1ccccc1)c1c(F)cccc1F. The molecule has 2 aromatic rings. The summed E-state index contributed by atoms with van der Waals surface area (Å²) in [5.41, 5.74) is 1.18. The molecule has 1 nitrogen and oxygen atoms in total. The fourth-order valence-electron chi connectivity index (χ4n) is 1.89. The van der Waals surface area contributed by atoms with E-state index in [1.165, 1.54) is 18.2 Å². The average Bonchev–Trinajstić information content (AvgIpc) is 2.37. The van der Waals surface area contributed by atoms with Crippen LogP contribution in [0.2, 0.25) is 0 Å². The molecule has 0 bridgehead atoms. The van der Waals surface area contributed by atoms with Crippen LogP contribution in [0, 0.1) is 11.6 Å². The van der Waals surface area contributed by atoms with Gasteiger partial charge in [0.1, 0.15) is 11.6 Å². The Bertz CT molecular complexity index is 491. The highest BCUT2D eigenvalue weighted by Gasteiger charge is 2.15. The zero-order valence-electron chi connectivity index (χ0n) is 10.2. The van der Waals surface area contributed by atoms with Crippen molar-refractivity contribution in [1.29, 1.82) is 0 Å². The van der Waals surface area contributed by atoms with Gasteiger partial charge in [0.2, 0.25) is 0 Å². The number of hydrogen-bond donors (Lipinski definition) is 1. The Kier molecular flexibility index (Phi) is 4.05. The molecular weight excluding hydrogens is 232 g/mol. The van der Waals surface area contributed by atoms with Gasteiger partial charge in [-0.2, -0.15) is 0 Å². The van der Waals surface area contributed by atoms with E-state index in [0.717, 1.165) is 5.56 Å². The third-order valence-electron chi connectivity index (χ3n) is 2.89. The molecule has 1 N–H and O–H groups in total. The van der Waals surface area contributed by atoms with Gasteiger partial charge in [-0.15, -0.1) is 0 Å². The summed E-state index contributed by atoms with van der Waals surface area (Å²) in [4.78, 5) is 0. The van der Waals surface area contributed by atoms with E-state index in [1.54, 1.807) is 6.92 Å². The molecule has 0 aliphatic carbocycles. The van der Waals surface area contributed by atoms with Crippen LogP contribution in [0.25, 0.3) is 0 Å². The third kappa shape index (κ3) is 2.93. The van der Waals surface area contributed by atoms with E-state index in [2.05, 4.69) is 5.32 Å². The Balaban J connectivity index is 2.06. The van der Waals surface area contributed by atoms with E-state index in [0.29, 0.717) is 6.54 Å². The maximum atomic E-state index is 13.5. The van der Waals surface area contributed by atoms with Gasteiger partial charge in [0, 0.05) is 18.2 Å². The number of hydrogen-bond acceptors (Lipinski definition) is 1. The minimum atomic E-state index is -0.511. The molecule has 0 aromatic heterocycles. The van der Waals surface area contributed by atoms with Crippen LogP contribution in [0.5, 0.6) is 0 Å². The molecule has 1 atom stereocenters. The third-order valence-corrected chi connectivity index (χ3v) is 2.89. The lowest BCUT2D eigenvalue weighted by atomic mass is 10.1. The van der Waals surface area contributed by atoms with Gasteiger partial charge in [0.25, 0.3) is 0 Å². The summed E-state index contributed by atoms with van der Waals surface area (Å²) >= 11 is 0. The van der Waals surface area contributed by atoms with Crippen LogP contribution in [0.4, 0.5) is 8.78 Å².